The van der Waals surface area contributed by atoms with Gasteiger partial charge >= 0.3 is 5.97 Å². The molecular weight excluding hydrogens is 508 g/mol. The number of allylic oxidation sites excluding steroid dienone is 1. The molecule has 1 atom stereocenters. The highest BCUT2D eigenvalue weighted by atomic mass is 32.2. The Morgan fingerprint density at radius 2 is 1.82 bits per heavy atom. The third kappa shape index (κ3) is 5.96. The Bertz CT molecular complexity index is 1480. The summed E-state index contributed by atoms with van der Waals surface area (Å²) in [7, 11) is 0. The molecule has 0 saturated carbocycles. The first-order valence-electron chi connectivity index (χ1n) is 12.8. The van der Waals surface area contributed by atoms with E-state index in [-0.39, 0.29) is 18.9 Å². The SMILES string of the molecule is CC1=C(C(=O)OCc2ccccc2)[C@@H](c2ccc(C)cc2C)N2C(CC(=O)NCc3cccnc3)=CSC2=N1. The number of nitrogens with zero attached hydrogens (tertiary/aromatic N) is 3. The van der Waals surface area contributed by atoms with Crippen LogP contribution in [0.25, 0.3) is 0 Å². The van der Waals surface area contributed by atoms with Crippen LogP contribution >= 0.6 is 11.8 Å². The Balaban J connectivity index is 1.43. The molecule has 0 aliphatic carbocycles. The molecule has 198 valence electrons. The minimum absolute atomic E-state index is 0.120. The topological polar surface area (TPSA) is 83.9 Å². The lowest BCUT2D eigenvalue weighted by Crippen LogP contribution is -2.38. The van der Waals surface area contributed by atoms with E-state index in [0.717, 1.165) is 38.7 Å². The van der Waals surface area contributed by atoms with Gasteiger partial charge < -0.3 is 15.0 Å². The van der Waals surface area contributed by atoms with Gasteiger partial charge in [-0.1, -0.05) is 71.9 Å². The van der Waals surface area contributed by atoms with Crippen molar-refractivity contribution in [1.82, 2.24) is 15.2 Å². The number of rotatable bonds is 8. The van der Waals surface area contributed by atoms with Crippen LogP contribution in [0.15, 0.2) is 100 Å². The lowest BCUT2D eigenvalue weighted by Gasteiger charge is -2.37. The van der Waals surface area contributed by atoms with Crippen molar-refractivity contribution < 1.29 is 14.3 Å². The molecule has 8 heteroatoms. The molecule has 0 bridgehead atoms. The van der Waals surface area contributed by atoms with Crippen LogP contribution in [0.5, 0.6) is 0 Å². The molecule has 1 N–H and O–H groups in total. The van der Waals surface area contributed by atoms with Gasteiger partial charge in [0, 0.05) is 24.6 Å². The van der Waals surface area contributed by atoms with E-state index in [1.807, 2.05) is 79.6 Å². The fourth-order valence-corrected chi connectivity index (χ4v) is 5.75. The average Bonchev–Trinajstić information content (AvgIpc) is 3.33. The molecule has 7 nitrogen and oxygen atoms in total. The standard InChI is InChI=1S/C31H30N4O3S/c1-20-11-12-26(21(2)14-20)29-28(30(37)38-18-23-8-5-4-6-9-23)22(3)34-31-35(29)25(19-39-31)15-27(36)33-17-24-10-7-13-32-16-24/h4-14,16,19,29H,15,17-18H2,1-3H3,(H,33,36)/t29-/m1/s1. The van der Waals surface area contributed by atoms with Crippen LogP contribution < -0.4 is 5.32 Å². The number of hydrogen-bond acceptors (Lipinski definition) is 7. The van der Waals surface area contributed by atoms with Gasteiger partial charge in [0.1, 0.15) is 6.61 Å². The molecule has 2 aromatic carbocycles. The van der Waals surface area contributed by atoms with Gasteiger partial charge in [0.25, 0.3) is 0 Å². The number of aryl methyl sites for hydroxylation is 2. The zero-order valence-electron chi connectivity index (χ0n) is 22.2. The average molecular weight is 539 g/mol. The first-order valence-corrected chi connectivity index (χ1v) is 13.7. The summed E-state index contributed by atoms with van der Waals surface area (Å²) in [5.41, 5.74) is 6.89. The smallest absolute Gasteiger partial charge is 0.338 e. The number of amides is 1. The molecule has 0 spiro atoms. The van der Waals surface area contributed by atoms with Crippen molar-refractivity contribution >= 4 is 28.8 Å². The lowest BCUT2D eigenvalue weighted by atomic mass is 9.90. The molecule has 39 heavy (non-hydrogen) atoms. The normalized spacial score (nSPS) is 16.4. The Morgan fingerprint density at radius 3 is 2.56 bits per heavy atom. The zero-order chi connectivity index (χ0) is 27.4. The first-order chi connectivity index (χ1) is 18.9. The minimum Gasteiger partial charge on any atom is -0.457 e. The van der Waals surface area contributed by atoms with Crippen molar-refractivity contribution in [2.45, 2.75) is 46.4 Å². The molecule has 3 heterocycles. The van der Waals surface area contributed by atoms with Gasteiger partial charge in [-0.2, -0.15) is 0 Å². The number of carbonyl (C=O) groups is 2. The number of hydrogen-bond donors (Lipinski definition) is 1. The van der Waals surface area contributed by atoms with Crippen LogP contribution in [0.1, 0.15) is 47.2 Å². The van der Waals surface area contributed by atoms with E-state index in [2.05, 4.69) is 22.4 Å². The summed E-state index contributed by atoms with van der Waals surface area (Å²) in [6.07, 6.45) is 3.59. The molecule has 1 aromatic heterocycles. The Labute approximate surface area is 232 Å². The Morgan fingerprint density at radius 1 is 1.03 bits per heavy atom. The Hall–Kier alpha value is -4.17. The number of fused-ring (bicyclic) bond motifs is 1. The number of ether oxygens (including phenoxy) is 1. The summed E-state index contributed by atoms with van der Waals surface area (Å²) < 4.78 is 5.80. The second-order valence-electron chi connectivity index (χ2n) is 9.63. The highest BCUT2D eigenvalue weighted by Crippen LogP contribution is 2.45. The summed E-state index contributed by atoms with van der Waals surface area (Å²) >= 11 is 1.46. The highest BCUT2D eigenvalue weighted by Gasteiger charge is 2.41. The molecule has 1 amide bonds. The van der Waals surface area contributed by atoms with Crippen LogP contribution in [0, 0.1) is 13.8 Å². The van der Waals surface area contributed by atoms with Crippen molar-refractivity contribution in [3.63, 3.8) is 0 Å². The molecule has 5 rings (SSSR count). The maximum atomic E-state index is 13.6. The number of esters is 1. The number of pyridine rings is 1. The summed E-state index contributed by atoms with van der Waals surface area (Å²) in [6.45, 7) is 6.50. The quantitative estimate of drug-likeness (QED) is 0.369. The minimum atomic E-state index is -0.464. The monoisotopic (exact) mass is 538 g/mol. The maximum absolute atomic E-state index is 13.6. The van der Waals surface area contributed by atoms with Crippen molar-refractivity contribution in [2.75, 3.05) is 0 Å². The summed E-state index contributed by atoms with van der Waals surface area (Å²) in [5, 5.41) is 5.67. The first kappa shape index (κ1) is 26.4. The van der Waals surface area contributed by atoms with Crippen LogP contribution in [-0.2, 0) is 27.5 Å². The largest absolute Gasteiger partial charge is 0.457 e. The predicted octanol–water partition coefficient (Wildman–Crippen LogP) is 5.72. The number of nitrogens with one attached hydrogen (secondary N) is 1. The number of aromatic nitrogens is 1. The molecule has 2 aliphatic rings. The molecule has 0 fully saturated rings. The second-order valence-corrected chi connectivity index (χ2v) is 10.5. The molecular formula is C31H30N4O3S. The van der Waals surface area contributed by atoms with Gasteiger partial charge in [-0.15, -0.1) is 0 Å². The van der Waals surface area contributed by atoms with Gasteiger partial charge in [-0.25, -0.2) is 9.79 Å². The van der Waals surface area contributed by atoms with E-state index in [0.29, 0.717) is 17.8 Å². The van der Waals surface area contributed by atoms with Gasteiger partial charge in [-0.3, -0.25) is 9.78 Å². The molecule has 0 radical (unpaired) electrons. The van der Waals surface area contributed by atoms with E-state index < -0.39 is 12.0 Å². The van der Waals surface area contributed by atoms with Gasteiger partial charge in [-0.05, 0) is 54.5 Å². The highest BCUT2D eigenvalue weighted by molar-refractivity contribution is 8.16. The van der Waals surface area contributed by atoms with E-state index >= 15 is 0 Å². The van der Waals surface area contributed by atoms with Crippen LogP contribution in [0.3, 0.4) is 0 Å². The number of amidine groups is 1. The summed E-state index contributed by atoms with van der Waals surface area (Å²) in [6, 6.07) is 19.1. The maximum Gasteiger partial charge on any atom is 0.338 e. The number of thioether (sulfide) groups is 1. The zero-order valence-corrected chi connectivity index (χ0v) is 23.0. The fraction of sp³-hybridized carbons (Fsp3) is 0.226. The Kier molecular flexibility index (Phi) is 7.93. The molecule has 0 unspecified atom stereocenters. The summed E-state index contributed by atoms with van der Waals surface area (Å²) in [4.78, 5) is 37.5. The molecule has 3 aromatic rings. The summed E-state index contributed by atoms with van der Waals surface area (Å²) in [5.74, 6) is -0.535. The van der Waals surface area contributed by atoms with E-state index in [4.69, 9.17) is 9.73 Å². The third-order valence-electron chi connectivity index (χ3n) is 6.71. The third-order valence-corrected chi connectivity index (χ3v) is 7.60. The van der Waals surface area contributed by atoms with Crippen LogP contribution in [-0.4, -0.2) is 26.9 Å². The predicted molar refractivity (Wildman–Crippen MR) is 153 cm³/mol. The van der Waals surface area contributed by atoms with Crippen LogP contribution in [0.4, 0.5) is 0 Å². The van der Waals surface area contributed by atoms with Crippen LogP contribution in [0.2, 0.25) is 0 Å². The fourth-order valence-electron chi connectivity index (χ4n) is 4.79. The lowest BCUT2D eigenvalue weighted by molar-refractivity contribution is -0.141. The number of aliphatic imine (C=N–C) groups is 1. The molecule has 2 aliphatic heterocycles. The van der Waals surface area contributed by atoms with E-state index in [9.17, 15) is 9.59 Å². The van der Waals surface area contributed by atoms with Crippen molar-refractivity contribution in [1.29, 1.82) is 0 Å². The van der Waals surface area contributed by atoms with Crippen molar-refractivity contribution in [3.8, 4) is 0 Å². The van der Waals surface area contributed by atoms with Gasteiger partial charge in [0.05, 0.1) is 23.7 Å². The van der Waals surface area contributed by atoms with Gasteiger partial charge in [0.2, 0.25) is 5.91 Å². The van der Waals surface area contributed by atoms with Crippen molar-refractivity contribution in [2.24, 2.45) is 4.99 Å². The molecule has 0 saturated heterocycles. The van der Waals surface area contributed by atoms with Gasteiger partial charge in [0.15, 0.2) is 5.17 Å². The number of carbonyl (C=O) groups excluding carboxylic acids is 2. The van der Waals surface area contributed by atoms with Crippen molar-refractivity contribution in [3.05, 3.63) is 123 Å². The van der Waals surface area contributed by atoms with E-state index in [1.54, 1.807) is 12.4 Å². The second kappa shape index (κ2) is 11.7. The van der Waals surface area contributed by atoms with E-state index in [1.165, 1.54) is 11.8 Å². The number of benzene rings is 2.